The minimum atomic E-state index is -1.02. The maximum absolute atomic E-state index is 12.3. The molecule has 1 saturated carbocycles. The monoisotopic (exact) mass is 305 g/mol. The molecule has 2 unspecified atom stereocenters. The van der Waals surface area contributed by atoms with E-state index >= 15 is 0 Å². The fourth-order valence-corrected chi connectivity index (χ4v) is 3.95. The maximum atomic E-state index is 12.3. The first-order valence-corrected chi connectivity index (χ1v) is 7.54. The second-order valence-electron chi connectivity index (χ2n) is 6.01. The van der Waals surface area contributed by atoms with E-state index in [1.165, 1.54) is 22.3 Å². The number of thiophene rings is 1. The third-order valence-electron chi connectivity index (χ3n) is 4.38. The summed E-state index contributed by atoms with van der Waals surface area (Å²) in [6, 6.07) is 1.79. The normalized spacial score (nSPS) is 26.5. The lowest BCUT2D eigenvalue weighted by molar-refractivity contribution is -0.143. The number of carbonyl (C=O) groups excluding carboxylic acids is 2. The van der Waals surface area contributed by atoms with Gasteiger partial charge < -0.3 is 5.11 Å². The number of rotatable bonds is 4. The van der Waals surface area contributed by atoms with Gasteiger partial charge in [-0.1, -0.05) is 13.8 Å². The van der Waals surface area contributed by atoms with E-state index in [2.05, 4.69) is 0 Å². The highest BCUT2D eigenvalue weighted by atomic mass is 32.1. The Labute approximate surface area is 125 Å². The third-order valence-corrected chi connectivity index (χ3v) is 5.30. The lowest BCUT2D eigenvalue weighted by atomic mass is 10.1. The molecule has 1 aromatic heterocycles. The number of hydrogen-bond donors (Lipinski definition) is 1. The summed E-state index contributed by atoms with van der Waals surface area (Å²) >= 11 is 1.42. The van der Waals surface area contributed by atoms with Crippen molar-refractivity contribution in [3.63, 3.8) is 0 Å². The van der Waals surface area contributed by atoms with Gasteiger partial charge in [-0.25, -0.2) is 4.79 Å². The van der Waals surface area contributed by atoms with Crippen molar-refractivity contribution in [2.75, 3.05) is 0 Å². The highest BCUT2D eigenvalue weighted by molar-refractivity contribution is 7.10. The van der Waals surface area contributed by atoms with Crippen LogP contribution in [0.2, 0.25) is 0 Å². The van der Waals surface area contributed by atoms with Crippen molar-refractivity contribution in [2.24, 2.45) is 17.3 Å². The molecule has 3 rings (SSSR count). The van der Waals surface area contributed by atoms with Gasteiger partial charge in [0.05, 0.1) is 18.4 Å². The molecule has 2 atom stereocenters. The van der Waals surface area contributed by atoms with Crippen LogP contribution in [0.25, 0.3) is 6.08 Å². The number of carboxylic acids is 1. The number of piperidine rings is 1. The van der Waals surface area contributed by atoms with E-state index in [1.54, 1.807) is 6.07 Å². The number of imide groups is 1. The van der Waals surface area contributed by atoms with Crippen molar-refractivity contribution >= 4 is 35.2 Å². The first-order chi connectivity index (χ1) is 9.84. The van der Waals surface area contributed by atoms with Crippen LogP contribution in [0.5, 0.6) is 0 Å². The van der Waals surface area contributed by atoms with Gasteiger partial charge in [-0.15, -0.1) is 11.3 Å². The van der Waals surface area contributed by atoms with Crippen molar-refractivity contribution in [1.29, 1.82) is 0 Å². The molecular weight excluding hydrogens is 290 g/mol. The van der Waals surface area contributed by atoms with Crippen LogP contribution in [-0.2, 0) is 20.9 Å². The van der Waals surface area contributed by atoms with Gasteiger partial charge in [0.2, 0.25) is 11.8 Å². The van der Waals surface area contributed by atoms with Gasteiger partial charge in [-0.05, 0) is 28.5 Å². The third kappa shape index (κ3) is 2.10. The molecule has 1 saturated heterocycles. The Hall–Kier alpha value is -1.95. The molecule has 0 radical (unpaired) electrons. The summed E-state index contributed by atoms with van der Waals surface area (Å²) in [5.74, 6) is -1.58. The molecule has 6 heteroatoms. The Kier molecular flexibility index (Phi) is 3.02. The largest absolute Gasteiger partial charge is 0.478 e. The van der Waals surface area contributed by atoms with Gasteiger partial charge in [-0.2, -0.15) is 0 Å². The van der Waals surface area contributed by atoms with Crippen LogP contribution in [0.4, 0.5) is 0 Å². The number of likely N-dealkylation sites (tertiary alicyclic amines) is 1. The fourth-order valence-electron chi connectivity index (χ4n) is 3.09. The summed E-state index contributed by atoms with van der Waals surface area (Å²) in [7, 11) is 0. The first-order valence-electron chi connectivity index (χ1n) is 6.66. The molecule has 1 aliphatic carbocycles. The topological polar surface area (TPSA) is 74.7 Å². The van der Waals surface area contributed by atoms with Crippen LogP contribution in [0, 0.1) is 17.3 Å². The molecule has 1 aliphatic heterocycles. The zero-order chi connectivity index (χ0) is 15.4. The predicted octanol–water partition coefficient (Wildman–Crippen LogP) is 1.99. The number of amides is 2. The molecule has 2 fully saturated rings. The summed E-state index contributed by atoms with van der Waals surface area (Å²) in [5, 5.41) is 10.5. The smallest absolute Gasteiger partial charge is 0.328 e. The standard InChI is InChI=1S/C15H15NO4S/c1-15(2)11-12(15)14(20)16(13(11)19)7-9-8(5-6-21-9)3-4-10(17)18/h3-6,11-12H,7H2,1-2H3,(H,17,18). The molecule has 0 aromatic carbocycles. The van der Waals surface area contributed by atoms with Gasteiger partial charge in [0.25, 0.3) is 0 Å². The Morgan fingerprint density at radius 1 is 1.38 bits per heavy atom. The van der Waals surface area contributed by atoms with Crippen molar-refractivity contribution < 1.29 is 19.5 Å². The van der Waals surface area contributed by atoms with E-state index in [-0.39, 0.29) is 35.6 Å². The quantitative estimate of drug-likeness (QED) is 0.682. The van der Waals surface area contributed by atoms with Gasteiger partial charge >= 0.3 is 5.97 Å². The number of nitrogens with zero attached hydrogens (tertiary/aromatic N) is 1. The van der Waals surface area contributed by atoms with E-state index in [0.717, 1.165) is 16.5 Å². The van der Waals surface area contributed by atoms with Crippen molar-refractivity contribution in [3.8, 4) is 0 Å². The highest BCUT2D eigenvalue weighted by Crippen LogP contribution is 2.63. The lowest BCUT2D eigenvalue weighted by Crippen LogP contribution is -2.35. The van der Waals surface area contributed by atoms with Crippen LogP contribution >= 0.6 is 11.3 Å². The predicted molar refractivity (Wildman–Crippen MR) is 77.3 cm³/mol. The Balaban J connectivity index is 1.78. The van der Waals surface area contributed by atoms with Gasteiger partial charge in [0.15, 0.2) is 0 Å². The number of fused-ring (bicyclic) bond motifs is 1. The minimum Gasteiger partial charge on any atom is -0.478 e. The molecule has 1 aromatic rings. The van der Waals surface area contributed by atoms with Gasteiger partial charge in [-0.3, -0.25) is 14.5 Å². The van der Waals surface area contributed by atoms with Crippen molar-refractivity contribution in [1.82, 2.24) is 4.90 Å². The van der Waals surface area contributed by atoms with Gasteiger partial charge in [0, 0.05) is 11.0 Å². The summed E-state index contributed by atoms with van der Waals surface area (Å²) in [4.78, 5) is 37.3. The van der Waals surface area contributed by atoms with E-state index in [9.17, 15) is 14.4 Å². The van der Waals surface area contributed by atoms with E-state index in [0.29, 0.717) is 0 Å². The molecule has 21 heavy (non-hydrogen) atoms. The van der Waals surface area contributed by atoms with Crippen molar-refractivity contribution in [3.05, 3.63) is 28.0 Å². The number of hydrogen-bond acceptors (Lipinski definition) is 4. The lowest BCUT2D eigenvalue weighted by Gasteiger charge is -2.20. The first kappa shape index (κ1) is 14.0. The van der Waals surface area contributed by atoms with E-state index < -0.39 is 5.97 Å². The van der Waals surface area contributed by atoms with Crippen LogP contribution in [-0.4, -0.2) is 27.8 Å². The van der Waals surface area contributed by atoms with Crippen molar-refractivity contribution in [2.45, 2.75) is 20.4 Å². The Bertz CT molecular complexity index is 649. The highest BCUT2D eigenvalue weighted by Gasteiger charge is 2.72. The molecule has 0 spiro atoms. The molecule has 1 N–H and O–H groups in total. The maximum Gasteiger partial charge on any atom is 0.328 e. The SMILES string of the molecule is CC1(C)C2C(=O)N(Cc3sccc3C=CC(=O)O)C(=O)C21. The molecule has 2 aliphatic rings. The average Bonchev–Trinajstić information content (AvgIpc) is 2.72. The molecule has 5 nitrogen and oxygen atoms in total. The van der Waals surface area contributed by atoms with E-state index in [1.807, 2.05) is 19.2 Å². The summed E-state index contributed by atoms with van der Waals surface area (Å²) in [6.07, 6.45) is 2.55. The average molecular weight is 305 g/mol. The van der Waals surface area contributed by atoms with Crippen LogP contribution < -0.4 is 0 Å². The molecular formula is C15H15NO4S. The Morgan fingerprint density at radius 2 is 2.00 bits per heavy atom. The number of carbonyl (C=O) groups is 3. The summed E-state index contributed by atoms with van der Waals surface area (Å²) < 4.78 is 0. The number of aliphatic carboxylic acids is 1. The second-order valence-corrected chi connectivity index (χ2v) is 7.01. The fraction of sp³-hybridized carbons (Fsp3) is 0.400. The minimum absolute atomic E-state index is 0.100. The summed E-state index contributed by atoms with van der Waals surface area (Å²) in [6.45, 7) is 4.13. The summed E-state index contributed by atoms with van der Waals surface area (Å²) in [5.41, 5.74) is 0.537. The molecule has 2 amide bonds. The van der Waals surface area contributed by atoms with Crippen LogP contribution in [0.15, 0.2) is 17.5 Å². The number of carboxylic acid groups (broad SMARTS) is 1. The molecule has 0 bridgehead atoms. The molecule has 2 heterocycles. The van der Waals surface area contributed by atoms with Crippen LogP contribution in [0.3, 0.4) is 0 Å². The zero-order valence-corrected chi connectivity index (χ0v) is 12.5. The molecule has 110 valence electrons. The van der Waals surface area contributed by atoms with Gasteiger partial charge in [0.1, 0.15) is 0 Å². The second kappa shape index (κ2) is 4.53. The van der Waals surface area contributed by atoms with Crippen LogP contribution in [0.1, 0.15) is 24.3 Å². The zero-order valence-electron chi connectivity index (χ0n) is 11.7. The Morgan fingerprint density at radius 3 is 2.57 bits per heavy atom. The van der Waals surface area contributed by atoms with E-state index in [4.69, 9.17) is 5.11 Å².